The maximum absolute atomic E-state index is 12.5. The van der Waals surface area contributed by atoms with Crippen molar-refractivity contribution in [2.45, 2.75) is 53.2 Å². The Morgan fingerprint density at radius 2 is 1.81 bits per heavy atom. The van der Waals surface area contributed by atoms with Gasteiger partial charge in [0, 0.05) is 17.2 Å². The number of carbonyl (C=O) groups excluding carboxylic acids is 1. The van der Waals surface area contributed by atoms with Gasteiger partial charge in [0.2, 0.25) is 0 Å². The number of amides is 1. The number of ether oxygens (including phenoxy) is 2. The lowest BCUT2D eigenvalue weighted by molar-refractivity contribution is 0.0938. The third kappa shape index (κ3) is 5.51. The van der Waals surface area contributed by atoms with Gasteiger partial charge in [-0.1, -0.05) is 19.4 Å². The van der Waals surface area contributed by atoms with Gasteiger partial charge < -0.3 is 14.8 Å². The van der Waals surface area contributed by atoms with Crippen LogP contribution in [0.4, 0.5) is 0 Å². The fraction of sp³-hybridized carbons (Fsp3) is 0.409. The summed E-state index contributed by atoms with van der Waals surface area (Å²) in [6, 6.07) is 11.7. The van der Waals surface area contributed by atoms with Crippen LogP contribution in [-0.4, -0.2) is 19.1 Å². The van der Waals surface area contributed by atoms with Crippen molar-refractivity contribution < 1.29 is 14.3 Å². The van der Waals surface area contributed by atoms with E-state index in [-0.39, 0.29) is 11.9 Å². The first-order valence-corrected chi connectivity index (χ1v) is 9.11. The molecule has 4 nitrogen and oxygen atoms in total. The minimum absolute atomic E-state index is 0.0683. The standard InChI is InChI=1S/C22H29NO3/c1-6-7-17(4)23-22(24)18-8-9-21(25-5)19(13-18)14-26-20-11-15(2)10-16(3)12-20/h8-13,17H,6-7,14H2,1-5H3,(H,23,24)/t17-/m0/s1. The second-order valence-corrected chi connectivity index (χ2v) is 6.80. The van der Waals surface area contributed by atoms with Crippen LogP contribution in [0.3, 0.4) is 0 Å². The Labute approximate surface area is 156 Å². The van der Waals surface area contributed by atoms with Crippen molar-refractivity contribution in [3.63, 3.8) is 0 Å². The van der Waals surface area contributed by atoms with Crippen molar-refractivity contribution >= 4 is 5.91 Å². The van der Waals surface area contributed by atoms with E-state index < -0.39 is 0 Å². The van der Waals surface area contributed by atoms with E-state index in [9.17, 15) is 4.79 Å². The Kier molecular flexibility index (Phi) is 7.07. The molecule has 0 bridgehead atoms. The first kappa shape index (κ1) is 19.8. The molecule has 0 radical (unpaired) electrons. The summed E-state index contributed by atoms with van der Waals surface area (Å²) < 4.78 is 11.4. The van der Waals surface area contributed by atoms with Gasteiger partial charge in [0.05, 0.1) is 7.11 Å². The lowest BCUT2D eigenvalue weighted by Crippen LogP contribution is -2.32. The topological polar surface area (TPSA) is 47.6 Å². The molecule has 0 aliphatic rings. The van der Waals surface area contributed by atoms with Crippen LogP contribution in [0.5, 0.6) is 11.5 Å². The second-order valence-electron chi connectivity index (χ2n) is 6.80. The summed E-state index contributed by atoms with van der Waals surface area (Å²) in [7, 11) is 1.62. The lowest BCUT2D eigenvalue weighted by Gasteiger charge is -2.15. The highest BCUT2D eigenvalue weighted by molar-refractivity contribution is 5.94. The Morgan fingerprint density at radius 1 is 1.12 bits per heavy atom. The molecule has 4 heteroatoms. The molecule has 0 aliphatic carbocycles. The average molecular weight is 355 g/mol. The molecule has 0 unspecified atom stereocenters. The number of carbonyl (C=O) groups is 1. The third-order valence-electron chi connectivity index (χ3n) is 4.23. The van der Waals surface area contributed by atoms with E-state index in [1.165, 1.54) is 0 Å². The van der Waals surface area contributed by atoms with Crippen LogP contribution >= 0.6 is 0 Å². The molecule has 0 spiro atoms. The zero-order valence-corrected chi connectivity index (χ0v) is 16.4. The van der Waals surface area contributed by atoms with Crippen molar-refractivity contribution in [2.24, 2.45) is 0 Å². The van der Waals surface area contributed by atoms with E-state index in [1.807, 2.05) is 45.0 Å². The molecular formula is C22H29NO3. The van der Waals surface area contributed by atoms with Crippen LogP contribution in [0.25, 0.3) is 0 Å². The molecule has 1 atom stereocenters. The van der Waals surface area contributed by atoms with E-state index in [0.29, 0.717) is 17.9 Å². The number of nitrogens with one attached hydrogen (secondary N) is 1. The van der Waals surface area contributed by atoms with Crippen LogP contribution in [-0.2, 0) is 6.61 Å². The summed E-state index contributed by atoms with van der Waals surface area (Å²) in [6.07, 6.45) is 2.00. The molecule has 140 valence electrons. The summed E-state index contributed by atoms with van der Waals surface area (Å²) in [6.45, 7) is 8.57. The SMILES string of the molecule is CCC[C@H](C)NC(=O)c1ccc(OC)c(COc2cc(C)cc(C)c2)c1. The highest BCUT2D eigenvalue weighted by atomic mass is 16.5. The maximum Gasteiger partial charge on any atom is 0.251 e. The van der Waals surface area contributed by atoms with Gasteiger partial charge in [-0.25, -0.2) is 0 Å². The molecule has 2 rings (SSSR count). The zero-order valence-electron chi connectivity index (χ0n) is 16.4. The van der Waals surface area contributed by atoms with Gasteiger partial charge >= 0.3 is 0 Å². The number of rotatable bonds is 8. The molecule has 0 saturated carbocycles. The van der Waals surface area contributed by atoms with Crippen LogP contribution in [0.15, 0.2) is 36.4 Å². The van der Waals surface area contributed by atoms with Crippen molar-refractivity contribution in [1.82, 2.24) is 5.32 Å². The predicted octanol–water partition coefficient (Wildman–Crippen LogP) is 4.81. The van der Waals surface area contributed by atoms with Gasteiger partial charge in [-0.05, 0) is 68.7 Å². The Hall–Kier alpha value is -2.49. The van der Waals surface area contributed by atoms with E-state index in [4.69, 9.17) is 9.47 Å². The number of benzene rings is 2. The molecule has 0 aliphatic heterocycles. The number of aryl methyl sites for hydroxylation is 2. The van der Waals surface area contributed by atoms with Crippen molar-refractivity contribution in [2.75, 3.05) is 7.11 Å². The molecule has 1 amide bonds. The molecule has 0 aromatic heterocycles. The van der Waals surface area contributed by atoms with E-state index in [1.54, 1.807) is 13.2 Å². The molecule has 0 heterocycles. The molecule has 1 N–H and O–H groups in total. The normalized spacial score (nSPS) is 11.7. The first-order valence-electron chi connectivity index (χ1n) is 9.11. The minimum atomic E-state index is -0.0683. The van der Waals surface area contributed by atoms with Crippen molar-refractivity contribution in [3.8, 4) is 11.5 Å². The van der Waals surface area contributed by atoms with Crippen molar-refractivity contribution in [1.29, 1.82) is 0 Å². The summed E-state index contributed by atoms with van der Waals surface area (Å²) in [4.78, 5) is 12.5. The summed E-state index contributed by atoms with van der Waals surface area (Å²) >= 11 is 0. The smallest absolute Gasteiger partial charge is 0.251 e. The van der Waals surface area contributed by atoms with Crippen molar-refractivity contribution in [3.05, 3.63) is 58.7 Å². The largest absolute Gasteiger partial charge is 0.496 e. The minimum Gasteiger partial charge on any atom is -0.496 e. The summed E-state index contributed by atoms with van der Waals surface area (Å²) in [5.41, 5.74) is 3.78. The van der Waals surface area contributed by atoms with Gasteiger partial charge in [-0.15, -0.1) is 0 Å². The van der Waals surface area contributed by atoms with E-state index >= 15 is 0 Å². The Morgan fingerprint density at radius 3 is 2.42 bits per heavy atom. The van der Waals surface area contributed by atoms with Gasteiger partial charge in [0.1, 0.15) is 18.1 Å². The summed E-state index contributed by atoms with van der Waals surface area (Å²) in [5, 5.41) is 3.03. The zero-order chi connectivity index (χ0) is 19.1. The predicted molar refractivity (Wildman–Crippen MR) is 105 cm³/mol. The molecule has 0 fully saturated rings. The number of methoxy groups -OCH3 is 1. The van der Waals surface area contributed by atoms with Crippen LogP contribution in [0.2, 0.25) is 0 Å². The van der Waals surface area contributed by atoms with Crippen LogP contribution in [0.1, 0.15) is 53.7 Å². The number of hydrogen-bond acceptors (Lipinski definition) is 3. The van der Waals surface area contributed by atoms with Crippen LogP contribution in [0, 0.1) is 13.8 Å². The third-order valence-corrected chi connectivity index (χ3v) is 4.23. The molecule has 0 saturated heterocycles. The Balaban J connectivity index is 2.14. The van der Waals surface area contributed by atoms with Gasteiger partial charge in [-0.3, -0.25) is 4.79 Å². The first-order chi connectivity index (χ1) is 12.4. The van der Waals surface area contributed by atoms with Gasteiger partial charge in [0.25, 0.3) is 5.91 Å². The fourth-order valence-electron chi connectivity index (χ4n) is 3.02. The van der Waals surface area contributed by atoms with Crippen LogP contribution < -0.4 is 14.8 Å². The highest BCUT2D eigenvalue weighted by Crippen LogP contribution is 2.23. The lowest BCUT2D eigenvalue weighted by atomic mass is 10.1. The van der Waals surface area contributed by atoms with E-state index in [0.717, 1.165) is 35.3 Å². The fourth-order valence-corrected chi connectivity index (χ4v) is 3.02. The van der Waals surface area contributed by atoms with Gasteiger partial charge in [0.15, 0.2) is 0 Å². The molecule has 2 aromatic rings. The molecule has 2 aromatic carbocycles. The molecular weight excluding hydrogens is 326 g/mol. The Bertz CT molecular complexity index is 735. The second kappa shape index (κ2) is 9.27. The number of hydrogen-bond donors (Lipinski definition) is 1. The maximum atomic E-state index is 12.5. The monoisotopic (exact) mass is 355 g/mol. The highest BCUT2D eigenvalue weighted by Gasteiger charge is 2.13. The molecule has 26 heavy (non-hydrogen) atoms. The van der Waals surface area contributed by atoms with E-state index in [2.05, 4.69) is 18.3 Å². The average Bonchev–Trinajstić information content (AvgIpc) is 2.59. The van der Waals surface area contributed by atoms with Gasteiger partial charge in [-0.2, -0.15) is 0 Å². The summed E-state index contributed by atoms with van der Waals surface area (Å²) in [5.74, 6) is 1.46. The quantitative estimate of drug-likeness (QED) is 0.739.